The highest BCUT2D eigenvalue weighted by molar-refractivity contribution is 7.84. The average molecular weight is 483 g/mol. The Hall–Kier alpha value is -1.84. The topological polar surface area (TPSA) is 98.4 Å². The van der Waals surface area contributed by atoms with Gasteiger partial charge < -0.3 is 9.64 Å². The van der Waals surface area contributed by atoms with Crippen LogP contribution in [0, 0.1) is 5.92 Å². The van der Waals surface area contributed by atoms with E-state index in [0.717, 1.165) is 22.8 Å². The van der Waals surface area contributed by atoms with E-state index in [1.54, 1.807) is 23.4 Å². The van der Waals surface area contributed by atoms with Crippen molar-refractivity contribution in [1.82, 2.24) is 14.9 Å². The van der Waals surface area contributed by atoms with Crippen molar-refractivity contribution in [2.24, 2.45) is 11.1 Å². The molecule has 2 aromatic rings. The van der Waals surface area contributed by atoms with Crippen LogP contribution in [0.1, 0.15) is 51.5 Å². The van der Waals surface area contributed by atoms with Crippen molar-refractivity contribution in [2.45, 2.75) is 63.0 Å². The van der Waals surface area contributed by atoms with E-state index in [4.69, 9.17) is 21.5 Å². The number of carbonyl (C=O) groups excluding carboxylic acids is 1. The third-order valence-corrected chi connectivity index (χ3v) is 7.88. The zero-order valence-electron chi connectivity index (χ0n) is 18.4. The second-order valence-corrected chi connectivity index (χ2v) is 11.4. The molecular formula is C22H28ClFN4O3S. The number of ether oxygens (including phenoxy) is 1. The van der Waals surface area contributed by atoms with Gasteiger partial charge in [0.15, 0.2) is 0 Å². The number of rotatable bonds is 8. The van der Waals surface area contributed by atoms with Gasteiger partial charge >= 0.3 is 0 Å². The van der Waals surface area contributed by atoms with Crippen LogP contribution in [-0.2, 0) is 15.8 Å². The van der Waals surface area contributed by atoms with Crippen molar-refractivity contribution < 1.29 is 18.1 Å². The predicted molar refractivity (Wildman–Crippen MR) is 123 cm³/mol. The quantitative estimate of drug-likeness (QED) is 0.580. The summed E-state index contributed by atoms with van der Waals surface area (Å²) in [5.41, 5.74) is 0.978. The average Bonchev–Trinajstić information content (AvgIpc) is 3.44. The van der Waals surface area contributed by atoms with Gasteiger partial charge in [-0.2, -0.15) is 0 Å². The van der Waals surface area contributed by atoms with Crippen LogP contribution in [0.3, 0.4) is 0 Å². The summed E-state index contributed by atoms with van der Waals surface area (Å²) in [5.74, 6) is -0.108. The number of amides is 1. The first-order valence-electron chi connectivity index (χ1n) is 10.8. The van der Waals surface area contributed by atoms with Gasteiger partial charge in [0.2, 0.25) is 11.8 Å². The molecule has 1 aliphatic carbocycles. The van der Waals surface area contributed by atoms with Gasteiger partial charge in [0.25, 0.3) is 0 Å². The minimum absolute atomic E-state index is 0.0732. The molecule has 1 amide bonds. The summed E-state index contributed by atoms with van der Waals surface area (Å²) < 4.78 is 30.7. The standard InChI is InChI=1S/C22H28ClFN4O3S/c1-4-12(7-22(2,3)32(25)30)16-8-27-20(17-9-26-19(23)6-14(16)17)31-13-10-28(11-13)21(29)15-5-18(15)24/h6,8-9,12-13,15,18H,4-5,7,10-11,25H2,1-3H3/t12-,15-,18+,32?/m1/s1. The highest BCUT2D eigenvalue weighted by atomic mass is 35.5. The fourth-order valence-electron chi connectivity index (χ4n) is 4.18. The van der Waals surface area contributed by atoms with Crippen LogP contribution in [0.2, 0.25) is 5.15 Å². The lowest BCUT2D eigenvalue weighted by atomic mass is 9.86. The largest absolute Gasteiger partial charge is 0.470 e. The molecule has 174 valence electrons. The molecule has 2 fully saturated rings. The number of fused-ring (bicyclic) bond motifs is 1. The Bertz CT molecular complexity index is 1060. The molecule has 4 atom stereocenters. The molecule has 1 saturated carbocycles. The van der Waals surface area contributed by atoms with Crippen molar-refractivity contribution in [1.29, 1.82) is 0 Å². The third kappa shape index (κ3) is 4.61. The van der Waals surface area contributed by atoms with E-state index in [1.807, 2.05) is 13.8 Å². The van der Waals surface area contributed by atoms with Gasteiger partial charge in [-0.3, -0.25) is 9.93 Å². The highest BCUT2D eigenvalue weighted by Crippen LogP contribution is 2.39. The number of aromatic nitrogens is 2. The van der Waals surface area contributed by atoms with E-state index in [-0.39, 0.29) is 17.9 Å². The van der Waals surface area contributed by atoms with Crippen LogP contribution in [-0.4, -0.2) is 55.1 Å². The molecule has 7 nitrogen and oxygen atoms in total. The monoisotopic (exact) mass is 482 g/mol. The Balaban J connectivity index is 1.56. The second kappa shape index (κ2) is 8.83. The van der Waals surface area contributed by atoms with Crippen LogP contribution in [0.5, 0.6) is 5.88 Å². The number of hydrogen-bond donors (Lipinski definition) is 1. The van der Waals surface area contributed by atoms with Crippen molar-refractivity contribution >= 4 is 39.3 Å². The number of carbonyl (C=O) groups is 1. The molecule has 1 saturated heterocycles. The van der Waals surface area contributed by atoms with Crippen molar-refractivity contribution in [2.75, 3.05) is 13.1 Å². The van der Waals surface area contributed by atoms with E-state index in [2.05, 4.69) is 16.9 Å². The number of hydrogen-bond acceptors (Lipinski definition) is 5. The first kappa shape index (κ1) is 23.3. The summed E-state index contributed by atoms with van der Waals surface area (Å²) in [6, 6.07) is 1.79. The predicted octanol–water partition coefficient (Wildman–Crippen LogP) is 3.52. The minimum Gasteiger partial charge on any atom is -0.470 e. The summed E-state index contributed by atoms with van der Waals surface area (Å²) in [5, 5.41) is 7.68. The van der Waals surface area contributed by atoms with Gasteiger partial charge in [-0.05, 0) is 56.0 Å². The third-order valence-electron chi connectivity index (χ3n) is 6.42. The number of alkyl halides is 1. The van der Waals surface area contributed by atoms with Crippen LogP contribution < -0.4 is 9.88 Å². The Morgan fingerprint density at radius 3 is 2.66 bits per heavy atom. The summed E-state index contributed by atoms with van der Waals surface area (Å²) in [6.45, 7) is 6.69. The lowest BCUT2D eigenvalue weighted by Gasteiger charge is -2.39. The normalized spacial score (nSPS) is 23.0. The zero-order valence-corrected chi connectivity index (χ0v) is 20.0. The lowest BCUT2D eigenvalue weighted by Crippen LogP contribution is -2.56. The van der Waals surface area contributed by atoms with E-state index in [9.17, 15) is 13.4 Å². The van der Waals surface area contributed by atoms with Gasteiger partial charge in [0.1, 0.15) is 17.4 Å². The molecule has 0 radical (unpaired) electrons. The van der Waals surface area contributed by atoms with E-state index in [0.29, 0.717) is 37.0 Å². The summed E-state index contributed by atoms with van der Waals surface area (Å²) in [4.78, 5) is 22.5. The van der Waals surface area contributed by atoms with Crippen LogP contribution in [0.4, 0.5) is 4.39 Å². The fraction of sp³-hybridized carbons (Fsp3) is 0.591. The minimum atomic E-state index is -1.46. The summed E-state index contributed by atoms with van der Waals surface area (Å²) in [7, 11) is -1.46. The summed E-state index contributed by atoms with van der Waals surface area (Å²) in [6.07, 6.45) is 3.99. The van der Waals surface area contributed by atoms with Crippen LogP contribution in [0.25, 0.3) is 10.8 Å². The van der Waals surface area contributed by atoms with Gasteiger partial charge in [0, 0.05) is 12.4 Å². The number of likely N-dealkylation sites (tertiary alicyclic amines) is 1. The van der Waals surface area contributed by atoms with Crippen LogP contribution >= 0.6 is 11.6 Å². The van der Waals surface area contributed by atoms with Gasteiger partial charge in [0.05, 0.1) is 40.1 Å². The molecule has 2 N–H and O–H groups in total. The smallest absolute Gasteiger partial charge is 0.228 e. The molecule has 0 spiro atoms. The first-order valence-corrected chi connectivity index (χ1v) is 12.4. The Morgan fingerprint density at radius 2 is 2.06 bits per heavy atom. The lowest BCUT2D eigenvalue weighted by molar-refractivity contribution is -0.141. The van der Waals surface area contributed by atoms with E-state index >= 15 is 0 Å². The molecule has 0 aromatic carbocycles. The van der Waals surface area contributed by atoms with Gasteiger partial charge in [-0.15, -0.1) is 0 Å². The SMILES string of the molecule is CC[C@H](CC(C)(C)S(N)=O)c1cnc(OC2CN(C(=O)[C@@H]3C[C@@H]3F)C2)c2cnc(Cl)cc12. The first-order chi connectivity index (χ1) is 15.1. The van der Waals surface area contributed by atoms with Gasteiger partial charge in [-0.1, -0.05) is 18.5 Å². The van der Waals surface area contributed by atoms with E-state index < -0.39 is 27.8 Å². The number of nitrogens with zero attached hydrogens (tertiary/aromatic N) is 3. The van der Waals surface area contributed by atoms with Crippen molar-refractivity contribution in [3.63, 3.8) is 0 Å². The number of halogens is 2. The molecule has 4 rings (SSSR count). The van der Waals surface area contributed by atoms with Crippen molar-refractivity contribution in [3.05, 3.63) is 29.2 Å². The maximum absolute atomic E-state index is 13.1. The molecule has 2 aromatic heterocycles. The number of nitrogens with two attached hydrogens (primary N) is 1. The van der Waals surface area contributed by atoms with Crippen LogP contribution in [0.15, 0.2) is 18.5 Å². The maximum Gasteiger partial charge on any atom is 0.228 e. The van der Waals surface area contributed by atoms with Crippen molar-refractivity contribution in [3.8, 4) is 5.88 Å². The molecule has 32 heavy (non-hydrogen) atoms. The zero-order chi connectivity index (χ0) is 23.2. The summed E-state index contributed by atoms with van der Waals surface area (Å²) >= 11 is 6.20. The second-order valence-electron chi connectivity index (χ2n) is 9.28. The highest BCUT2D eigenvalue weighted by Gasteiger charge is 2.48. The molecule has 1 aliphatic heterocycles. The molecule has 1 unspecified atom stereocenters. The molecule has 10 heteroatoms. The Labute approximate surface area is 194 Å². The van der Waals surface area contributed by atoms with Gasteiger partial charge in [-0.25, -0.2) is 18.6 Å². The number of pyridine rings is 2. The fourth-order valence-corrected chi connectivity index (χ4v) is 4.70. The maximum atomic E-state index is 13.1. The molecule has 2 aliphatic rings. The Morgan fingerprint density at radius 1 is 1.38 bits per heavy atom. The Kier molecular flexibility index (Phi) is 6.44. The molecule has 0 bridgehead atoms. The molecular weight excluding hydrogens is 455 g/mol. The van der Waals surface area contributed by atoms with E-state index in [1.165, 1.54) is 0 Å². The molecule has 3 heterocycles.